The van der Waals surface area contributed by atoms with Gasteiger partial charge in [-0.05, 0) is 12.8 Å². The van der Waals surface area contributed by atoms with Crippen LogP contribution in [0.2, 0.25) is 0 Å². The van der Waals surface area contributed by atoms with E-state index in [0.29, 0.717) is 19.3 Å². The summed E-state index contributed by atoms with van der Waals surface area (Å²) in [7, 11) is 5.49. The molecule has 8 heteroatoms. The lowest BCUT2D eigenvalue weighted by molar-refractivity contribution is -0.887. The monoisotopic (exact) mass is 544 g/mol. The molecule has 0 heterocycles. The Morgan fingerprint density at radius 1 is 0.684 bits per heavy atom. The lowest BCUT2D eigenvalue weighted by atomic mass is 10.1. The zero-order valence-electron chi connectivity index (χ0n) is 25.1. The van der Waals surface area contributed by atoms with Crippen LogP contribution in [0.5, 0.6) is 0 Å². The van der Waals surface area contributed by atoms with Crippen LogP contribution in [0.3, 0.4) is 0 Å². The number of likely N-dealkylation sites (N-methyl/N-ethyl adjacent to an activating group) is 1. The topological polar surface area (TPSA) is 99.1 Å². The molecular formula is C30H58NO7+. The molecule has 0 radical (unpaired) electrons. The van der Waals surface area contributed by atoms with Crippen molar-refractivity contribution < 1.29 is 38.2 Å². The summed E-state index contributed by atoms with van der Waals surface area (Å²) in [5.41, 5.74) is 0. The van der Waals surface area contributed by atoms with E-state index in [4.69, 9.17) is 14.2 Å². The van der Waals surface area contributed by atoms with Gasteiger partial charge in [0.15, 0.2) is 12.1 Å². The molecule has 8 nitrogen and oxygen atoms in total. The van der Waals surface area contributed by atoms with Gasteiger partial charge in [-0.3, -0.25) is 9.59 Å². The summed E-state index contributed by atoms with van der Waals surface area (Å²) in [4.78, 5) is 36.2. The SMILES string of the molecule is CCCCCCCCCCC(=O)OC(COCCC(C(=O)O)[N+](C)(C)C)COC(=O)CCCCCCCC. The summed E-state index contributed by atoms with van der Waals surface area (Å²) in [5, 5.41) is 9.49. The fraction of sp³-hybridized carbons (Fsp3) is 0.900. The molecule has 0 bridgehead atoms. The van der Waals surface area contributed by atoms with Gasteiger partial charge in [0.2, 0.25) is 0 Å². The third-order valence-corrected chi connectivity index (χ3v) is 6.76. The van der Waals surface area contributed by atoms with Crippen LogP contribution in [0.4, 0.5) is 0 Å². The Balaban J connectivity index is 4.53. The molecule has 0 spiro atoms. The first-order chi connectivity index (χ1) is 18.1. The summed E-state index contributed by atoms with van der Waals surface area (Å²) < 4.78 is 17.0. The van der Waals surface area contributed by atoms with E-state index in [9.17, 15) is 19.5 Å². The first-order valence-corrected chi connectivity index (χ1v) is 15.1. The number of ether oxygens (including phenoxy) is 3. The maximum absolute atomic E-state index is 12.4. The van der Waals surface area contributed by atoms with Crippen LogP contribution in [0.1, 0.15) is 123 Å². The van der Waals surface area contributed by atoms with Crippen LogP contribution in [-0.2, 0) is 28.6 Å². The Bertz CT molecular complexity index is 618. The van der Waals surface area contributed by atoms with E-state index in [1.54, 1.807) is 0 Å². The highest BCUT2D eigenvalue weighted by Gasteiger charge is 2.31. The van der Waals surface area contributed by atoms with Crippen molar-refractivity contribution in [1.82, 2.24) is 0 Å². The average molecular weight is 545 g/mol. The van der Waals surface area contributed by atoms with Gasteiger partial charge in [-0.25, -0.2) is 4.79 Å². The maximum atomic E-state index is 12.4. The summed E-state index contributed by atoms with van der Waals surface area (Å²) in [5.74, 6) is -1.48. The van der Waals surface area contributed by atoms with Crippen LogP contribution in [0, 0.1) is 0 Å². The predicted octanol–water partition coefficient (Wildman–Crippen LogP) is 6.29. The number of carbonyl (C=O) groups is 3. The van der Waals surface area contributed by atoms with Gasteiger partial charge in [0.05, 0.1) is 34.4 Å². The Morgan fingerprint density at radius 3 is 1.63 bits per heavy atom. The van der Waals surface area contributed by atoms with Crippen molar-refractivity contribution in [1.29, 1.82) is 0 Å². The normalized spacial score (nSPS) is 13.2. The highest BCUT2D eigenvalue weighted by atomic mass is 16.6. The minimum Gasteiger partial charge on any atom is -0.477 e. The number of unbranched alkanes of at least 4 members (excludes halogenated alkanes) is 12. The molecule has 0 aromatic rings. The van der Waals surface area contributed by atoms with Crippen molar-refractivity contribution in [3.8, 4) is 0 Å². The van der Waals surface area contributed by atoms with Crippen molar-refractivity contribution in [3.63, 3.8) is 0 Å². The standard InChI is InChI=1S/C30H57NO7/c1-6-8-10-12-14-15-17-19-21-29(33)38-26(24-36-23-22-27(30(34)35)31(3,4)5)25-37-28(32)20-18-16-13-11-9-7-2/h26-27H,6-25H2,1-5H3/p+1. The van der Waals surface area contributed by atoms with Crippen LogP contribution in [0.15, 0.2) is 0 Å². The predicted molar refractivity (Wildman–Crippen MR) is 151 cm³/mol. The van der Waals surface area contributed by atoms with Gasteiger partial charge in [0, 0.05) is 19.3 Å². The number of aliphatic carboxylic acids is 1. The fourth-order valence-corrected chi connectivity index (χ4v) is 4.32. The van der Waals surface area contributed by atoms with Crippen molar-refractivity contribution in [3.05, 3.63) is 0 Å². The van der Waals surface area contributed by atoms with Gasteiger partial charge < -0.3 is 23.8 Å². The molecule has 2 atom stereocenters. The largest absolute Gasteiger partial charge is 0.477 e. The molecular weight excluding hydrogens is 486 g/mol. The second-order valence-electron chi connectivity index (χ2n) is 11.4. The lowest BCUT2D eigenvalue weighted by Crippen LogP contribution is -2.50. The Morgan fingerprint density at radius 2 is 1.16 bits per heavy atom. The highest BCUT2D eigenvalue weighted by molar-refractivity contribution is 5.72. The molecule has 0 rings (SSSR count). The molecule has 0 saturated heterocycles. The van der Waals surface area contributed by atoms with Crippen molar-refractivity contribution >= 4 is 17.9 Å². The molecule has 0 aliphatic rings. The first-order valence-electron chi connectivity index (χ1n) is 15.1. The Hall–Kier alpha value is -1.67. The molecule has 0 aliphatic heterocycles. The second kappa shape index (κ2) is 23.2. The van der Waals surface area contributed by atoms with Crippen LogP contribution in [0.25, 0.3) is 0 Å². The third kappa shape index (κ3) is 21.3. The molecule has 2 unspecified atom stereocenters. The quantitative estimate of drug-likeness (QED) is 0.0776. The molecule has 224 valence electrons. The van der Waals surface area contributed by atoms with Crippen LogP contribution < -0.4 is 0 Å². The van der Waals surface area contributed by atoms with E-state index in [-0.39, 0.29) is 36.2 Å². The summed E-state index contributed by atoms with van der Waals surface area (Å²) in [6.45, 7) is 4.61. The second-order valence-corrected chi connectivity index (χ2v) is 11.4. The number of nitrogens with zero attached hydrogens (tertiary/aromatic N) is 1. The first kappa shape index (κ1) is 36.3. The summed E-state index contributed by atoms with van der Waals surface area (Å²) in [6, 6.07) is -0.604. The Kier molecular flexibility index (Phi) is 22.2. The average Bonchev–Trinajstić information content (AvgIpc) is 2.84. The molecule has 1 N–H and O–H groups in total. The van der Waals surface area contributed by atoms with Gasteiger partial charge >= 0.3 is 17.9 Å². The molecule has 0 aliphatic carbocycles. The van der Waals surface area contributed by atoms with E-state index < -0.39 is 18.1 Å². The molecule has 38 heavy (non-hydrogen) atoms. The number of esters is 2. The Labute approximate surface area is 232 Å². The smallest absolute Gasteiger partial charge is 0.362 e. The zero-order valence-corrected chi connectivity index (χ0v) is 25.1. The number of carboxylic acids is 1. The minimum atomic E-state index is -0.877. The van der Waals surface area contributed by atoms with Crippen molar-refractivity contribution in [2.24, 2.45) is 0 Å². The summed E-state index contributed by atoms with van der Waals surface area (Å²) >= 11 is 0. The van der Waals surface area contributed by atoms with E-state index in [2.05, 4.69) is 13.8 Å². The van der Waals surface area contributed by atoms with E-state index in [1.165, 1.54) is 51.4 Å². The van der Waals surface area contributed by atoms with Gasteiger partial charge in [-0.2, -0.15) is 0 Å². The number of carboxylic acid groups (broad SMARTS) is 1. The van der Waals surface area contributed by atoms with E-state index in [1.807, 2.05) is 21.1 Å². The number of hydrogen-bond donors (Lipinski definition) is 1. The molecule has 0 fully saturated rings. The number of rotatable bonds is 26. The highest BCUT2D eigenvalue weighted by Crippen LogP contribution is 2.12. The number of hydrogen-bond acceptors (Lipinski definition) is 6. The molecule has 0 aromatic heterocycles. The lowest BCUT2D eigenvalue weighted by Gasteiger charge is -2.31. The molecule has 0 saturated carbocycles. The zero-order chi connectivity index (χ0) is 28.7. The van der Waals surface area contributed by atoms with Crippen LogP contribution >= 0.6 is 0 Å². The summed E-state index contributed by atoms with van der Waals surface area (Å²) in [6.07, 6.45) is 16.0. The van der Waals surface area contributed by atoms with Gasteiger partial charge in [-0.15, -0.1) is 0 Å². The maximum Gasteiger partial charge on any atom is 0.362 e. The van der Waals surface area contributed by atoms with Gasteiger partial charge in [-0.1, -0.05) is 90.9 Å². The van der Waals surface area contributed by atoms with Crippen molar-refractivity contribution in [2.75, 3.05) is 41.0 Å². The van der Waals surface area contributed by atoms with E-state index in [0.717, 1.165) is 38.5 Å². The number of carbonyl (C=O) groups excluding carboxylic acids is 2. The molecule has 0 aromatic carbocycles. The van der Waals surface area contributed by atoms with E-state index >= 15 is 0 Å². The molecule has 0 amide bonds. The fourth-order valence-electron chi connectivity index (χ4n) is 4.32. The van der Waals surface area contributed by atoms with Crippen molar-refractivity contribution in [2.45, 2.75) is 135 Å². The van der Waals surface area contributed by atoms with Gasteiger partial charge in [0.25, 0.3) is 0 Å². The minimum absolute atomic E-state index is 0.0461. The number of quaternary nitrogens is 1. The third-order valence-electron chi connectivity index (χ3n) is 6.76. The van der Waals surface area contributed by atoms with Crippen LogP contribution in [-0.4, -0.2) is 80.6 Å². The van der Waals surface area contributed by atoms with Gasteiger partial charge in [0.1, 0.15) is 6.61 Å².